The number of nitrogens with one attached hydrogen (secondary N) is 1. The first-order valence-electron chi connectivity index (χ1n) is 13.2. The second-order valence-electron chi connectivity index (χ2n) is 10.4. The summed E-state index contributed by atoms with van der Waals surface area (Å²) in [6.45, 7) is 6.01. The molecule has 0 spiro atoms. The average Bonchev–Trinajstić information content (AvgIpc) is 3.41. The molecule has 1 fully saturated rings. The smallest absolute Gasteiger partial charge is 0.299 e. The van der Waals surface area contributed by atoms with Crippen molar-refractivity contribution >= 4 is 40.6 Å². The quantitative estimate of drug-likeness (QED) is 0.180. The lowest BCUT2D eigenvalue weighted by molar-refractivity contribution is -0.156. The maximum Gasteiger partial charge on any atom is 0.299 e. The molecule has 2 aromatic carbocycles. The molecule has 9 nitrogen and oxygen atoms in total. The summed E-state index contributed by atoms with van der Waals surface area (Å²) in [6.07, 6.45) is 1.88. The number of ketones is 2. The van der Waals surface area contributed by atoms with Crippen LogP contribution in [-0.4, -0.2) is 71.4 Å². The number of amides is 3. The zero-order valence-corrected chi connectivity index (χ0v) is 22.4. The molecular formula is C29H38N4O5. The SMILES string of the molecule is CCC(C)(C)C(=O)C(=O)C(=O)N1CCCC1N(C=O)[C@H](Cc1ccc2ccccc2c1)C(=O)NCCCN. The predicted octanol–water partition coefficient (Wildman–Crippen LogP) is 2.20. The van der Waals surface area contributed by atoms with E-state index in [1.54, 1.807) is 20.8 Å². The molecule has 3 N–H and O–H groups in total. The molecular weight excluding hydrogens is 484 g/mol. The Morgan fingerprint density at radius 2 is 1.87 bits per heavy atom. The molecule has 3 rings (SSSR count). The fraction of sp³-hybridized carbons (Fsp3) is 0.483. The third kappa shape index (κ3) is 6.45. The highest BCUT2D eigenvalue weighted by Gasteiger charge is 2.43. The summed E-state index contributed by atoms with van der Waals surface area (Å²) < 4.78 is 0. The summed E-state index contributed by atoms with van der Waals surface area (Å²) in [7, 11) is 0. The third-order valence-electron chi connectivity index (χ3n) is 7.43. The molecule has 1 aliphatic rings. The molecule has 1 heterocycles. The van der Waals surface area contributed by atoms with E-state index >= 15 is 0 Å². The van der Waals surface area contributed by atoms with Crippen LogP contribution in [0.4, 0.5) is 0 Å². The number of nitrogens with zero attached hydrogens (tertiary/aromatic N) is 2. The van der Waals surface area contributed by atoms with Gasteiger partial charge in [-0.05, 0) is 48.6 Å². The topological polar surface area (TPSA) is 130 Å². The van der Waals surface area contributed by atoms with Gasteiger partial charge in [0, 0.05) is 24.9 Å². The second kappa shape index (κ2) is 12.8. The summed E-state index contributed by atoms with van der Waals surface area (Å²) in [5, 5.41) is 4.91. The number of hydrogen-bond acceptors (Lipinski definition) is 6. The van der Waals surface area contributed by atoms with Crippen molar-refractivity contribution in [2.24, 2.45) is 11.1 Å². The first-order chi connectivity index (χ1) is 18.1. The lowest BCUT2D eigenvalue weighted by Gasteiger charge is -2.37. The molecule has 2 aromatic rings. The zero-order valence-electron chi connectivity index (χ0n) is 22.4. The minimum Gasteiger partial charge on any atom is -0.354 e. The average molecular weight is 523 g/mol. The number of benzene rings is 2. The van der Waals surface area contributed by atoms with Crippen LogP contribution < -0.4 is 11.1 Å². The van der Waals surface area contributed by atoms with Crippen LogP contribution in [0.15, 0.2) is 42.5 Å². The van der Waals surface area contributed by atoms with Crippen LogP contribution in [0.25, 0.3) is 10.8 Å². The summed E-state index contributed by atoms with van der Waals surface area (Å²) in [4.78, 5) is 67.2. The van der Waals surface area contributed by atoms with Crippen molar-refractivity contribution in [2.75, 3.05) is 19.6 Å². The highest BCUT2D eigenvalue weighted by atomic mass is 16.2. The molecule has 2 atom stereocenters. The van der Waals surface area contributed by atoms with Gasteiger partial charge in [0.25, 0.3) is 11.7 Å². The highest BCUT2D eigenvalue weighted by Crippen LogP contribution is 2.27. The van der Waals surface area contributed by atoms with Gasteiger partial charge < -0.3 is 20.9 Å². The molecule has 3 amide bonds. The second-order valence-corrected chi connectivity index (χ2v) is 10.4. The molecule has 204 valence electrons. The van der Waals surface area contributed by atoms with Crippen molar-refractivity contribution in [1.82, 2.24) is 15.1 Å². The predicted molar refractivity (Wildman–Crippen MR) is 145 cm³/mol. The monoisotopic (exact) mass is 522 g/mol. The van der Waals surface area contributed by atoms with Gasteiger partial charge in [-0.25, -0.2) is 0 Å². The molecule has 0 saturated carbocycles. The number of carbonyl (C=O) groups excluding carboxylic acids is 5. The van der Waals surface area contributed by atoms with E-state index < -0.39 is 35.1 Å². The van der Waals surface area contributed by atoms with Crippen LogP contribution in [0.5, 0.6) is 0 Å². The number of fused-ring (bicyclic) bond motifs is 1. The lowest BCUT2D eigenvalue weighted by atomic mass is 9.83. The van der Waals surface area contributed by atoms with Crippen molar-refractivity contribution < 1.29 is 24.0 Å². The van der Waals surface area contributed by atoms with Crippen LogP contribution in [0.3, 0.4) is 0 Å². The Hall–Kier alpha value is -3.59. The van der Waals surface area contributed by atoms with Crippen molar-refractivity contribution in [2.45, 2.75) is 65.1 Å². The van der Waals surface area contributed by atoms with Crippen LogP contribution in [0.1, 0.15) is 52.0 Å². The number of carbonyl (C=O) groups is 5. The van der Waals surface area contributed by atoms with Gasteiger partial charge in [-0.3, -0.25) is 24.0 Å². The van der Waals surface area contributed by atoms with Gasteiger partial charge >= 0.3 is 0 Å². The van der Waals surface area contributed by atoms with Crippen molar-refractivity contribution in [1.29, 1.82) is 0 Å². The van der Waals surface area contributed by atoms with Gasteiger partial charge in [0.2, 0.25) is 18.1 Å². The van der Waals surface area contributed by atoms with Crippen LogP contribution in [0.2, 0.25) is 0 Å². The Bertz CT molecular complexity index is 1190. The molecule has 0 aromatic heterocycles. The lowest BCUT2D eigenvalue weighted by Crippen LogP contribution is -2.58. The fourth-order valence-electron chi connectivity index (χ4n) is 4.70. The minimum absolute atomic E-state index is 0.215. The van der Waals surface area contributed by atoms with E-state index in [1.165, 1.54) is 9.80 Å². The van der Waals surface area contributed by atoms with E-state index in [4.69, 9.17) is 5.73 Å². The minimum atomic E-state index is -1.09. The Morgan fingerprint density at radius 3 is 2.53 bits per heavy atom. The maximum absolute atomic E-state index is 13.4. The van der Waals surface area contributed by atoms with Gasteiger partial charge in [0.15, 0.2) is 0 Å². The molecule has 1 saturated heterocycles. The van der Waals surface area contributed by atoms with E-state index in [2.05, 4.69) is 5.32 Å². The molecule has 0 bridgehead atoms. The Morgan fingerprint density at radius 1 is 1.16 bits per heavy atom. The third-order valence-corrected chi connectivity index (χ3v) is 7.43. The van der Waals surface area contributed by atoms with Gasteiger partial charge in [-0.15, -0.1) is 0 Å². The summed E-state index contributed by atoms with van der Waals surface area (Å²) in [5.41, 5.74) is 5.46. The first kappa shape index (κ1) is 29.0. The van der Waals surface area contributed by atoms with Crippen LogP contribution >= 0.6 is 0 Å². The van der Waals surface area contributed by atoms with Crippen molar-refractivity contribution in [3.8, 4) is 0 Å². The number of rotatable bonds is 13. The molecule has 9 heteroatoms. The van der Waals surface area contributed by atoms with E-state index in [-0.39, 0.29) is 18.9 Å². The van der Waals surface area contributed by atoms with Gasteiger partial charge in [0.1, 0.15) is 12.2 Å². The standard InChI is InChI=1S/C29H38N4O5/c1-4-29(2,3)26(36)25(35)28(38)32-16-7-11-24(32)33(19-34)23(27(37)31-15-8-14-30)18-20-12-13-21-9-5-6-10-22(21)17-20/h5-6,9-10,12-13,17,19,23-24H,4,7-8,11,14-16,18,30H2,1-3H3,(H,31,37)/t23-,24?/m1/s1. The van der Waals surface area contributed by atoms with E-state index in [0.717, 1.165) is 16.3 Å². The molecule has 1 aliphatic heterocycles. The number of hydrogen-bond donors (Lipinski definition) is 2. The zero-order chi connectivity index (χ0) is 27.9. The molecule has 1 unspecified atom stereocenters. The normalized spacial score (nSPS) is 16.2. The number of Topliss-reactive ketones (excluding diaryl/α,β-unsaturated/α-hetero) is 2. The summed E-state index contributed by atoms with van der Waals surface area (Å²) in [6, 6.07) is 12.8. The van der Waals surface area contributed by atoms with E-state index in [0.29, 0.717) is 45.2 Å². The summed E-state index contributed by atoms with van der Waals surface area (Å²) >= 11 is 0. The Balaban J connectivity index is 1.90. The van der Waals surface area contributed by atoms with Gasteiger partial charge in [-0.2, -0.15) is 0 Å². The van der Waals surface area contributed by atoms with Gasteiger partial charge in [-0.1, -0.05) is 63.2 Å². The number of nitrogens with two attached hydrogens (primary N) is 1. The van der Waals surface area contributed by atoms with Crippen molar-refractivity contribution in [3.05, 3.63) is 48.0 Å². The Kier molecular flexibility index (Phi) is 9.74. The number of likely N-dealkylation sites (tertiary alicyclic amines) is 1. The Labute approximate surface area is 223 Å². The van der Waals surface area contributed by atoms with Gasteiger partial charge in [0.05, 0.1) is 0 Å². The maximum atomic E-state index is 13.4. The first-order valence-corrected chi connectivity index (χ1v) is 13.2. The van der Waals surface area contributed by atoms with Crippen molar-refractivity contribution in [3.63, 3.8) is 0 Å². The van der Waals surface area contributed by atoms with Crippen LogP contribution in [-0.2, 0) is 30.4 Å². The largest absolute Gasteiger partial charge is 0.354 e. The molecule has 38 heavy (non-hydrogen) atoms. The summed E-state index contributed by atoms with van der Waals surface area (Å²) in [5.74, 6) is -3.14. The highest BCUT2D eigenvalue weighted by molar-refractivity contribution is 6.64. The van der Waals surface area contributed by atoms with E-state index in [9.17, 15) is 24.0 Å². The molecule has 0 aliphatic carbocycles. The van der Waals surface area contributed by atoms with E-state index in [1.807, 2.05) is 42.5 Å². The van der Waals surface area contributed by atoms with Crippen LogP contribution in [0, 0.1) is 5.41 Å². The fourth-order valence-corrected chi connectivity index (χ4v) is 4.70. The molecule has 0 radical (unpaired) electrons.